The molecule has 2 aromatic rings. The van der Waals surface area contributed by atoms with Crippen LogP contribution in [0.4, 0.5) is 0 Å². The van der Waals surface area contributed by atoms with Gasteiger partial charge in [-0.1, -0.05) is 12.1 Å². The number of methoxy groups -OCH3 is 1. The molecule has 1 atom stereocenters. The molecule has 2 aromatic heterocycles. The van der Waals surface area contributed by atoms with Crippen LogP contribution in [0.2, 0.25) is 0 Å². The normalized spacial score (nSPS) is 12.6. The minimum Gasteiger partial charge on any atom is -0.496 e. The van der Waals surface area contributed by atoms with Crippen molar-refractivity contribution in [1.29, 1.82) is 0 Å². The molecule has 0 fully saturated rings. The third-order valence-electron chi connectivity index (χ3n) is 2.56. The first-order valence-electron chi connectivity index (χ1n) is 5.53. The average molecular weight is 252 g/mol. The van der Waals surface area contributed by atoms with Gasteiger partial charge in [-0.25, -0.2) is 4.68 Å². The first kappa shape index (κ1) is 12.1. The van der Waals surface area contributed by atoms with Crippen LogP contribution in [0.15, 0.2) is 17.6 Å². The van der Waals surface area contributed by atoms with Crippen molar-refractivity contribution >= 4 is 11.3 Å². The summed E-state index contributed by atoms with van der Waals surface area (Å²) in [5.74, 6) is 0.826. The van der Waals surface area contributed by atoms with E-state index in [0.29, 0.717) is 0 Å². The van der Waals surface area contributed by atoms with Crippen molar-refractivity contribution in [3.63, 3.8) is 0 Å². The van der Waals surface area contributed by atoms with E-state index in [-0.39, 0.29) is 6.04 Å². The van der Waals surface area contributed by atoms with Crippen molar-refractivity contribution in [2.24, 2.45) is 5.73 Å². The molecular formula is C11H16N4OS. The van der Waals surface area contributed by atoms with E-state index in [1.165, 1.54) is 0 Å². The van der Waals surface area contributed by atoms with Gasteiger partial charge in [0.2, 0.25) is 0 Å². The summed E-state index contributed by atoms with van der Waals surface area (Å²) >= 11 is 1.59. The van der Waals surface area contributed by atoms with Crippen molar-refractivity contribution < 1.29 is 4.74 Å². The Labute approximate surface area is 104 Å². The number of rotatable bonds is 5. The number of ether oxygens (including phenoxy) is 1. The quantitative estimate of drug-likeness (QED) is 0.881. The summed E-state index contributed by atoms with van der Waals surface area (Å²) in [6.07, 6.45) is 2.73. The van der Waals surface area contributed by atoms with Crippen LogP contribution >= 0.6 is 11.3 Å². The fraction of sp³-hybridized carbons (Fsp3) is 0.455. The summed E-state index contributed by atoms with van der Waals surface area (Å²) in [5, 5.41) is 9.94. The molecular weight excluding hydrogens is 236 g/mol. The summed E-state index contributed by atoms with van der Waals surface area (Å²) in [7, 11) is 1.65. The van der Waals surface area contributed by atoms with Crippen LogP contribution in [0.25, 0.3) is 0 Å². The highest BCUT2D eigenvalue weighted by atomic mass is 32.1. The van der Waals surface area contributed by atoms with E-state index in [4.69, 9.17) is 10.5 Å². The Balaban J connectivity index is 2.30. The molecule has 6 heteroatoms. The summed E-state index contributed by atoms with van der Waals surface area (Å²) < 4.78 is 7.14. The van der Waals surface area contributed by atoms with Gasteiger partial charge in [-0.3, -0.25) is 0 Å². The zero-order valence-electron chi connectivity index (χ0n) is 9.96. The predicted molar refractivity (Wildman–Crippen MR) is 67.2 cm³/mol. The van der Waals surface area contributed by atoms with Gasteiger partial charge >= 0.3 is 0 Å². The Morgan fingerprint density at radius 3 is 3.12 bits per heavy atom. The summed E-state index contributed by atoms with van der Waals surface area (Å²) in [6.45, 7) is 2.93. The molecule has 0 saturated carbocycles. The fourth-order valence-corrected chi connectivity index (χ4v) is 2.60. The largest absolute Gasteiger partial charge is 0.496 e. The van der Waals surface area contributed by atoms with Crippen molar-refractivity contribution in [1.82, 2.24) is 15.0 Å². The predicted octanol–water partition coefficient (Wildman–Crippen LogP) is 1.81. The first-order chi connectivity index (χ1) is 8.27. The van der Waals surface area contributed by atoms with Crippen LogP contribution in [0.5, 0.6) is 5.75 Å². The van der Waals surface area contributed by atoms with Gasteiger partial charge in [0.1, 0.15) is 5.75 Å². The van der Waals surface area contributed by atoms with Crippen molar-refractivity contribution in [3.8, 4) is 5.75 Å². The highest BCUT2D eigenvalue weighted by molar-refractivity contribution is 7.10. The van der Waals surface area contributed by atoms with Crippen LogP contribution in [-0.2, 0) is 6.54 Å². The van der Waals surface area contributed by atoms with Crippen LogP contribution in [0.1, 0.15) is 30.0 Å². The maximum absolute atomic E-state index is 6.24. The Bertz CT molecular complexity index is 479. The van der Waals surface area contributed by atoms with E-state index in [1.807, 2.05) is 16.1 Å². The Morgan fingerprint density at radius 2 is 2.41 bits per heavy atom. The molecule has 0 bridgehead atoms. The monoisotopic (exact) mass is 252 g/mol. The molecule has 5 nitrogen and oxygen atoms in total. The maximum atomic E-state index is 6.24. The summed E-state index contributed by atoms with van der Waals surface area (Å²) in [6, 6.07) is 1.69. The zero-order chi connectivity index (χ0) is 12.3. The van der Waals surface area contributed by atoms with E-state index < -0.39 is 0 Å². The van der Waals surface area contributed by atoms with Crippen LogP contribution in [0, 0.1) is 0 Å². The smallest absolute Gasteiger partial charge is 0.134 e. The van der Waals surface area contributed by atoms with Crippen molar-refractivity contribution in [2.45, 2.75) is 25.9 Å². The molecule has 0 saturated heterocycles. The number of aromatic nitrogens is 3. The van der Waals surface area contributed by atoms with E-state index >= 15 is 0 Å². The average Bonchev–Trinajstić information content (AvgIpc) is 2.96. The maximum Gasteiger partial charge on any atom is 0.134 e. The number of thiophene rings is 1. The van der Waals surface area contributed by atoms with Gasteiger partial charge in [-0.2, -0.15) is 0 Å². The fourth-order valence-electron chi connectivity index (χ4n) is 1.73. The Hall–Kier alpha value is -1.40. The second kappa shape index (κ2) is 5.29. The van der Waals surface area contributed by atoms with Gasteiger partial charge in [0.05, 0.1) is 29.9 Å². The van der Waals surface area contributed by atoms with E-state index in [0.717, 1.165) is 29.3 Å². The van der Waals surface area contributed by atoms with Crippen LogP contribution in [-0.4, -0.2) is 22.1 Å². The molecule has 2 N–H and O–H groups in total. The lowest BCUT2D eigenvalue weighted by atomic mass is 10.2. The minimum atomic E-state index is -0.230. The lowest BCUT2D eigenvalue weighted by Gasteiger charge is -2.12. The van der Waals surface area contributed by atoms with Gasteiger partial charge in [0, 0.05) is 6.54 Å². The number of hydrogen-bond acceptors (Lipinski definition) is 5. The van der Waals surface area contributed by atoms with E-state index in [9.17, 15) is 0 Å². The molecule has 0 aliphatic carbocycles. The zero-order valence-corrected chi connectivity index (χ0v) is 10.8. The summed E-state index contributed by atoms with van der Waals surface area (Å²) in [5.41, 5.74) is 7.17. The molecule has 0 aromatic carbocycles. The SMILES string of the molecule is CCCn1nncc1C(N)c1sccc1OC. The molecule has 0 spiro atoms. The van der Waals surface area contributed by atoms with Crippen molar-refractivity contribution in [3.05, 3.63) is 28.2 Å². The first-order valence-corrected chi connectivity index (χ1v) is 6.41. The standard InChI is InChI=1S/C11H16N4OS/c1-3-5-15-8(7-13-14-15)10(12)11-9(16-2)4-6-17-11/h4,6-7,10H,3,5,12H2,1-2H3. The molecule has 0 aliphatic rings. The Morgan fingerprint density at radius 1 is 1.59 bits per heavy atom. The molecule has 0 radical (unpaired) electrons. The molecule has 17 heavy (non-hydrogen) atoms. The molecule has 1 unspecified atom stereocenters. The number of aryl methyl sites for hydroxylation is 1. The van der Waals surface area contributed by atoms with E-state index in [2.05, 4.69) is 17.2 Å². The van der Waals surface area contributed by atoms with Gasteiger partial charge in [0.15, 0.2) is 0 Å². The van der Waals surface area contributed by atoms with Crippen LogP contribution in [0.3, 0.4) is 0 Å². The number of nitrogens with zero attached hydrogens (tertiary/aromatic N) is 3. The molecule has 2 rings (SSSR count). The number of nitrogens with two attached hydrogens (primary N) is 1. The molecule has 0 amide bonds. The van der Waals surface area contributed by atoms with Gasteiger partial charge in [-0.15, -0.1) is 16.4 Å². The lowest BCUT2D eigenvalue weighted by molar-refractivity contribution is 0.409. The van der Waals surface area contributed by atoms with Gasteiger partial charge in [0.25, 0.3) is 0 Å². The van der Waals surface area contributed by atoms with E-state index in [1.54, 1.807) is 24.6 Å². The van der Waals surface area contributed by atoms with Gasteiger partial charge in [-0.05, 0) is 17.9 Å². The van der Waals surface area contributed by atoms with Crippen molar-refractivity contribution in [2.75, 3.05) is 7.11 Å². The second-order valence-corrected chi connectivity index (χ2v) is 4.66. The Kier molecular flexibility index (Phi) is 3.75. The van der Waals surface area contributed by atoms with Gasteiger partial charge < -0.3 is 10.5 Å². The molecule has 92 valence electrons. The van der Waals surface area contributed by atoms with Crippen LogP contribution < -0.4 is 10.5 Å². The lowest BCUT2D eigenvalue weighted by Crippen LogP contribution is -2.17. The topological polar surface area (TPSA) is 66.0 Å². The number of hydrogen-bond donors (Lipinski definition) is 1. The third kappa shape index (κ3) is 2.32. The summed E-state index contributed by atoms with van der Waals surface area (Å²) in [4.78, 5) is 1.01. The highest BCUT2D eigenvalue weighted by Crippen LogP contribution is 2.32. The highest BCUT2D eigenvalue weighted by Gasteiger charge is 2.19. The molecule has 0 aliphatic heterocycles. The minimum absolute atomic E-state index is 0.230. The second-order valence-electron chi connectivity index (χ2n) is 3.71. The molecule has 2 heterocycles. The third-order valence-corrected chi connectivity index (χ3v) is 3.54.